The van der Waals surface area contributed by atoms with Gasteiger partial charge in [-0.2, -0.15) is 0 Å². The molecule has 1 saturated heterocycles. The lowest BCUT2D eigenvalue weighted by Gasteiger charge is -2.21. The van der Waals surface area contributed by atoms with Gasteiger partial charge in [-0.05, 0) is 29.3 Å². The number of ether oxygens (including phenoxy) is 1. The predicted octanol–water partition coefficient (Wildman–Crippen LogP) is 0.729. The quantitative estimate of drug-likeness (QED) is 0.697. The highest BCUT2D eigenvalue weighted by Crippen LogP contribution is 2.17. The third-order valence-corrected chi connectivity index (χ3v) is 4.61. The van der Waals surface area contributed by atoms with Crippen LogP contribution in [0.15, 0.2) is 42.5 Å². The van der Waals surface area contributed by atoms with E-state index in [1.165, 1.54) is 7.11 Å². The van der Waals surface area contributed by atoms with Gasteiger partial charge in [0.15, 0.2) is 0 Å². The summed E-state index contributed by atoms with van der Waals surface area (Å²) < 4.78 is 4.86. The van der Waals surface area contributed by atoms with Crippen LogP contribution in [0.25, 0.3) is 10.8 Å². The van der Waals surface area contributed by atoms with Crippen LogP contribution in [0.2, 0.25) is 0 Å². The Kier molecular flexibility index (Phi) is 5.31. The molecular formula is C19H23N3O3. The summed E-state index contributed by atoms with van der Waals surface area (Å²) >= 11 is 0. The van der Waals surface area contributed by atoms with E-state index in [1.807, 2.05) is 42.5 Å². The number of nitrogens with two attached hydrogens (primary N) is 1. The van der Waals surface area contributed by atoms with E-state index in [0.29, 0.717) is 13.0 Å². The summed E-state index contributed by atoms with van der Waals surface area (Å²) in [5.74, 6) is -0.728. The SMILES string of the molecule is COC(=O)C(Cc1ccc2ccccc2c1)NC(=O)C1NCCC1N. The smallest absolute Gasteiger partial charge is 0.328 e. The lowest BCUT2D eigenvalue weighted by atomic mass is 10.0. The van der Waals surface area contributed by atoms with Crippen molar-refractivity contribution in [3.05, 3.63) is 48.0 Å². The fourth-order valence-corrected chi connectivity index (χ4v) is 3.21. The number of nitrogens with one attached hydrogen (secondary N) is 2. The molecule has 6 heteroatoms. The average molecular weight is 341 g/mol. The van der Waals surface area contributed by atoms with E-state index < -0.39 is 18.1 Å². The number of hydrogen-bond acceptors (Lipinski definition) is 5. The van der Waals surface area contributed by atoms with Crippen LogP contribution < -0.4 is 16.4 Å². The molecule has 3 rings (SSSR count). The molecule has 1 amide bonds. The number of fused-ring (bicyclic) bond motifs is 1. The van der Waals surface area contributed by atoms with Gasteiger partial charge in [0.05, 0.1) is 7.11 Å². The molecule has 6 nitrogen and oxygen atoms in total. The van der Waals surface area contributed by atoms with E-state index >= 15 is 0 Å². The monoisotopic (exact) mass is 341 g/mol. The zero-order valence-electron chi connectivity index (χ0n) is 14.2. The summed E-state index contributed by atoms with van der Waals surface area (Å²) in [4.78, 5) is 24.6. The molecular weight excluding hydrogens is 318 g/mol. The number of carbonyl (C=O) groups is 2. The summed E-state index contributed by atoms with van der Waals surface area (Å²) in [6, 6.07) is 12.6. The van der Waals surface area contributed by atoms with Crippen molar-refractivity contribution in [3.8, 4) is 0 Å². The first-order chi connectivity index (χ1) is 12.1. The number of methoxy groups -OCH3 is 1. The number of hydrogen-bond donors (Lipinski definition) is 3. The van der Waals surface area contributed by atoms with Crippen molar-refractivity contribution < 1.29 is 14.3 Å². The lowest BCUT2D eigenvalue weighted by molar-refractivity contribution is -0.145. The fourth-order valence-electron chi connectivity index (χ4n) is 3.21. The van der Waals surface area contributed by atoms with Crippen LogP contribution in [0.4, 0.5) is 0 Å². The standard InChI is InChI=1S/C19H23N3O3/c1-25-19(24)16(22-18(23)17-15(20)8-9-21-17)11-12-6-7-13-4-2-3-5-14(13)10-12/h2-7,10,15-17,21H,8-9,11,20H2,1H3,(H,22,23). The molecule has 2 aromatic rings. The second-order valence-corrected chi connectivity index (χ2v) is 6.35. The Bertz CT molecular complexity index is 777. The van der Waals surface area contributed by atoms with Crippen molar-refractivity contribution in [3.63, 3.8) is 0 Å². The first kappa shape index (κ1) is 17.4. The maximum Gasteiger partial charge on any atom is 0.328 e. The Balaban J connectivity index is 1.75. The van der Waals surface area contributed by atoms with Crippen LogP contribution in [-0.2, 0) is 20.7 Å². The number of rotatable bonds is 5. The maximum absolute atomic E-state index is 12.4. The minimum atomic E-state index is -0.742. The average Bonchev–Trinajstić information content (AvgIpc) is 3.06. The van der Waals surface area contributed by atoms with Crippen LogP contribution in [0.3, 0.4) is 0 Å². The molecule has 132 valence electrons. The molecule has 0 aliphatic carbocycles. The summed E-state index contributed by atoms with van der Waals surface area (Å²) in [5.41, 5.74) is 6.90. The third kappa shape index (κ3) is 3.97. The van der Waals surface area contributed by atoms with Crippen molar-refractivity contribution in [2.24, 2.45) is 5.73 Å². The minimum absolute atomic E-state index is 0.237. The fraction of sp³-hybridized carbons (Fsp3) is 0.368. The van der Waals surface area contributed by atoms with E-state index in [-0.39, 0.29) is 11.9 Å². The molecule has 0 bridgehead atoms. The Morgan fingerprint density at radius 3 is 2.72 bits per heavy atom. The normalized spacial score (nSPS) is 21.0. The first-order valence-electron chi connectivity index (χ1n) is 8.43. The van der Waals surface area contributed by atoms with Gasteiger partial charge in [-0.25, -0.2) is 4.79 Å². The van der Waals surface area contributed by atoms with E-state index in [2.05, 4.69) is 10.6 Å². The highest BCUT2D eigenvalue weighted by molar-refractivity contribution is 5.89. The largest absolute Gasteiger partial charge is 0.467 e. The maximum atomic E-state index is 12.4. The summed E-state index contributed by atoms with van der Waals surface area (Å²) in [7, 11) is 1.32. The van der Waals surface area contributed by atoms with Crippen LogP contribution >= 0.6 is 0 Å². The van der Waals surface area contributed by atoms with Crippen LogP contribution in [-0.4, -0.2) is 43.7 Å². The second-order valence-electron chi connectivity index (χ2n) is 6.35. The van der Waals surface area contributed by atoms with Crippen molar-refractivity contribution in [1.29, 1.82) is 0 Å². The van der Waals surface area contributed by atoms with Gasteiger partial charge in [0.2, 0.25) is 5.91 Å². The number of amides is 1. The Labute approximate surface area is 146 Å². The Morgan fingerprint density at radius 1 is 1.28 bits per heavy atom. The molecule has 1 aliphatic heterocycles. The molecule has 3 unspecified atom stereocenters. The molecule has 3 atom stereocenters. The summed E-state index contributed by atoms with van der Waals surface area (Å²) in [5, 5.41) is 8.07. The molecule has 1 aliphatic rings. The number of esters is 1. The van der Waals surface area contributed by atoms with Gasteiger partial charge in [0.25, 0.3) is 0 Å². The molecule has 1 heterocycles. The summed E-state index contributed by atoms with van der Waals surface area (Å²) in [6.45, 7) is 0.701. The van der Waals surface area contributed by atoms with Gasteiger partial charge in [-0.15, -0.1) is 0 Å². The van der Waals surface area contributed by atoms with Gasteiger partial charge in [-0.1, -0.05) is 42.5 Å². The molecule has 0 spiro atoms. The molecule has 25 heavy (non-hydrogen) atoms. The van der Waals surface area contributed by atoms with Gasteiger partial charge >= 0.3 is 5.97 Å². The zero-order valence-corrected chi connectivity index (χ0v) is 14.2. The highest BCUT2D eigenvalue weighted by atomic mass is 16.5. The van der Waals surface area contributed by atoms with Crippen LogP contribution in [0, 0.1) is 0 Å². The van der Waals surface area contributed by atoms with Gasteiger partial charge in [-0.3, -0.25) is 4.79 Å². The van der Waals surface area contributed by atoms with E-state index in [9.17, 15) is 9.59 Å². The summed E-state index contributed by atoms with van der Waals surface area (Å²) in [6.07, 6.45) is 1.11. The second kappa shape index (κ2) is 7.63. The van der Waals surface area contributed by atoms with Crippen molar-refractivity contribution in [2.75, 3.05) is 13.7 Å². The topological polar surface area (TPSA) is 93.4 Å². The number of benzene rings is 2. The Morgan fingerprint density at radius 2 is 2.04 bits per heavy atom. The van der Waals surface area contributed by atoms with Crippen molar-refractivity contribution in [2.45, 2.75) is 31.0 Å². The molecule has 0 radical (unpaired) electrons. The van der Waals surface area contributed by atoms with Gasteiger partial charge in [0, 0.05) is 12.5 Å². The van der Waals surface area contributed by atoms with Crippen LogP contribution in [0.1, 0.15) is 12.0 Å². The van der Waals surface area contributed by atoms with Crippen molar-refractivity contribution in [1.82, 2.24) is 10.6 Å². The van der Waals surface area contributed by atoms with Gasteiger partial charge < -0.3 is 21.1 Å². The highest BCUT2D eigenvalue weighted by Gasteiger charge is 2.32. The van der Waals surface area contributed by atoms with Gasteiger partial charge in [0.1, 0.15) is 12.1 Å². The lowest BCUT2D eigenvalue weighted by Crippen LogP contribution is -2.54. The minimum Gasteiger partial charge on any atom is -0.467 e. The first-order valence-corrected chi connectivity index (χ1v) is 8.43. The molecule has 1 fully saturated rings. The zero-order chi connectivity index (χ0) is 17.8. The Hall–Kier alpha value is -2.44. The number of carbonyl (C=O) groups excluding carboxylic acids is 2. The van der Waals surface area contributed by atoms with Crippen LogP contribution in [0.5, 0.6) is 0 Å². The third-order valence-electron chi connectivity index (χ3n) is 4.61. The van der Waals surface area contributed by atoms with E-state index in [0.717, 1.165) is 22.8 Å². The molecule has 2 aromatic carbocycles. The van der Waals surface area contributed by atoms with E-state index in [1.54, 1.807) is 0 Å². The molecule has 0 aromatic heterocycles. The predicted molar refractivity (Wildman–Crippen MR) is 96.0 cm³/mol. The molecule has 0 saturated carbocycles. The van der Waals surface area contributed by atoms with E-state index in [4.69, 9.17) is 10.5 Å². The molecule has 4 N–H and O–H groups in total. The van der Waals surface area contributed by atoms with Crippen molar-refractivity contribution >= 4 is 22.6 Å².